The summed E-state index contributed by atoms with van der Waals surface area (Å²) in [6.07, 6.45) is 1.76. The maximum absolute atomic E-state index is 13.7. The van der Waals surface area contributed by atoms with Gasteiger partial charge in [-0.1, -0.05) is 29.5 Å². The molecule has 0 saturated heterocycles. The third-order valence-electron chi connectivity index (χ3n) is 5.57. The molecule has 0 N–H and O–H groups in total. The monoisotopic (exact) mass is 510 g/mol. The van der Waals surface area contributed by atoms with Gasteiger partial charge in [-0.15, -0.1) is 0 Å². The minimum absolute atomic E-state index is 0.177. The van der Waals surface area contributed by atoms with Crippen LogP contribution in [0.1, 0.15) is 44.9 Å². The smallest absolute Gasteiger partial charge is 0.338 e. The number of esters is 1. The van der Waals surface area contributed by atoms with Crippen LogP contribution in [0.3, 0.4) is 0 Å². The Morgan fingerprint density at radius 2 is 1.75 bits per heavy atom. The van der Waals surface area contributed by atoms with E-state index in [-0.39, 0.29) is 17.7 Å². The summed E-state index contributed by atoms with van der Waals surface area (Å²) in [7, 11) is 0. The first-order valence-corrected chi connectivity index (χ1v) is 12.5. The summed E-state index contributed by atoms with van der Waals surface area (Å²) in [4.78, 5) is 31.6. The second kappa shape index (κ2) is 10.9. The number of aromatic nitrogens is 1. The van der Waals surface area contributed by atoms with Gasteiger partial charge in [0, 0.05) is 0 Å². The summed E-state index contributed by atoms with van der Waals surface area (Å²) < 4.78 is 32.2. The van der Waals surface area contributed by atoms with Gasteiger partial charge in [0.15, 0.2) is 16.3 Å². The number of halogens is 1. The van der Waals surface area contributed by atoms with Crippen molar-refractivity contribution in [2.75, 3.05) is 19.8 Å². The lowest BCUT2D eigenvalue weighted by Gasteiger charge is -2.24. The van der Waals surface area contributed by atoms with Crippen LogP contribution in [0.5, 0.6) is 11.5 Å². The van der Waals surface area contributed by atoms with E-state index in [1.807, 2.05) is 32.0 Å². The van der Waals surface area contributed by atoms with Crippen molar-refractivity contribution in [1.82, 2.24) is 4.57 Å². The topological polar surface area (TPSA) is 79.1 Å². The number of carbonyl (C=O) groups is 1. The highest BCUT2D eigenvalue weighted by atomic mass is 32.1. The van der Waals surface area contributed by atoms with Crippen LogP contribution in [0.2, 0.25) is 0 Å². The second-order valence-electron chi connectivity index (χ2n) is 7.93. The maximum atomic E-state index is 13.7. The summed E-state index contributed by atoms with van der Waals surface area (Å²) in [5, 5.41) is 0. The van der Waals surface area contributed by atoms with Crippen LogP contribution in [0.4, 0.5) is 4.39 Å². The molecule has 1 atom stereocenters. The Balaban J connectivity index is 1.89. The zero-order valence-corrected chi connectivity index (χ0v) is 21.4. The number of fused-ring (bicyclic) bond motifs is 1. The van der Waals surface area contributed by atoms with Gasteiger partial charge < -0.3 is 14.2 Å². The van der Waals surface area contributed by atoms with Crippen molar-refractivity contribution in [1.29, 1.82) is 0 Å². The van der Waals surface area contributed by atoms with Crippen LogP contribution < -0.4 is 24.4 Å². The van der Waals surface area contributed by atoms with Crippen LogP contribution >= 0.6 is 11.3 Å². The van der Waals surface area contributed by atoms with Gasteiger partial charge in [0.2, 0.25) is 0 Å². The Hall–Kier alpha value is -3.72. The number of hydrogen-bond donors (Lipinski definition) is 0. The van der Waals surface area contributed by atoms with Gasteiger partial charge in [-0.05, 0) is 69.2 Å². The molecule has 4 rings (SSSR count). The van der Waals surface area contributed by atoms with E-state index >= 15 is 0 Å². The number of hydrogen-bond acceptors (Lipinski definition) is 7. The molecule has 1 aliphatic rings. The fourth-order valence-corrected chi connectivity index (χ4v) is 5.11. The van der Waals surface area contributed by atoms with Crippen molar-refractivity contribution in [3.8, 4) is 11.5 Å². The van der Waals surface area contributed by atoms with Crippen LogP contribution in [-0.4, -0.2) is 30.4 Å². The van der Waals surface area contributed by atoms with Crippen LogP contribution in [-0.2, 0) is 9.53 Å². The summed E-state index contributed by atoms with van der Waals surface area (Å²) in [5.41, 5.74) is 1.74. The van der Waals surface area contributed by atoms with E-state index in [1.165, 1.54) is 28.0 Å². The van der Waals surface area contributed by atoms with E-state index < -0.39 is 17.8 Å². The lowest BCUT2D eigenvalue weighted by atomic mass is 9.96. The Kier molecular flexibility index (Phi) is 7.69. The summed E-state index contributed by atoms with van der Waals surface area (Å²) >= 11 is 1.22. The molecule has 0 fully saturated rings. The van der Waals surface area contributed by atoms with Crippen molar-refractivity contribution in [3.63, 3.8) is 0 Å². The molecule has 0 saturated carbocycles. The van der Waals surface area contributed by atoms with Gasteiger partial charge >= 0.3 is 5.97 Å². The number of allylic oxidation sites excluding steroid dienone is 1. The van der Waals surface area contributed by atoms with Crippen LogP contribution in [0, 0.1) is 5.82 Å². The van der Waals surface area contributed by atoms with Crippen molar-refractivity contribution in [3.05, 3.63) is 90.4 Å². The zero-order valence-electron chi connectivity index (χ0n) is 20.5. The Morgan fingerprint density at radius 3 is 2.42 bits per heavy atom. The highest BCUT2D eigenvalue weighted by molar-refractivity contribution is 7.07. The van der Waals surface area contributed by atoms with E-state index in [4.69, 9.17) is 14.2 Å². The number of carbonyl (C=O) groups excluding carboxylic acids is 1. The van der Waals surface area contributed by atoms with Crippen LogP contribution in [0.25, 0.3) is 6.08 Å². The Morgan fingerprint density at radius 1 is 1.06 bits per heavy atom. The normalized spacial score (nSPS) is 15.4. The average molecular weight is 511 g/mol. The molecule has 0 aliphatic carbocycles. The van der Waals surface area contributed by atoms with Crippen LogP contribution in [0.15, 0.2) is 63.5 Å². The molecule has 0 radical (unpaired) electrons. The van der Waals surface area contributed by atoms with Gasteiger partial charge in [-0.3, -0.25) is 9.36 Å². The number of ether oxygens (including phenoxy) is 3. The molecule has 9 heteroatoms. The SMILES string of the molecule is CCOC(=O)C1=C(C)N=c2s/c(=C\c3ccc(OCC)c(OCC)c3)c(=O)n2[C@@H]1c1ccc(F)cc1. The fraction of sp³-hybridized carbons (Fsp3) is 0.296. The number of nitrogens with zero attached hydrogens (tertiary/aromatic N) is 2. The zero-order chi connectivity index (χ0) is 25.8. The molecule has 36 heavy (non-hydrogen) atoms. The molecule has 7 nitrogen and oxygen atoms in total. The molecule has 3 aromatic rings. The lowest BCUT2D eigenvalue weighted by molar-refractivity contribution is -0.139. The third kappa shape index (κ3) is 4.97. The standard InChI is InChI=1S/C27H27FN2O5S/c1-5-33-20-13-8-17(14-21(20)34-6-2)15-22-25(31)30-24(18-9-11-19(28)12-10-18)23(26(32)35-7-3)16(4)29-27(30)36-22/h8-15,24H,5-7H2,1-4H3/b22-15-/t24-/m1/s1. The van der Waals surface area contributed by atoms with Crippen molar-refractivity contribution < 1.29 is 23.4 Å². The van der Waals surface area contributed by atoms with Gasteiger partial charge in [-0.25, -0.2) is 14.2 Å². The molecule has 188 valence electrons. The first kappa shape index (κ1) is 25.4. The molecule has 0 bridgehead atoms. The highest BCUT2D eigenvalue weighted by Crippen LogP contribution is 2.31. The van der Waals surface area contributed by atoms with Crippen molar-refractivity contribution >= 4 is 23.4 Å². The molecule has 1 aliphatic heterocycles. The summed E-state index contributed by atoms with van der Waals surface area (Å²) in [6.45, 7) is 8.36. The van der Waals surface area contributed by atoms with Crippen molar-refractivity contribution in [2.24, 2.45) is 4.99 Å². The first-order chi connectivity index (χ1) is 17.4. The molecule has 2 heterocycles. The molecule has 0 amide bonds. The van der Waals surface area contributed by atoms with E-state index in [0.29, 0.717) is 45.3 Å². The Labute approximate surface area is 211 Å². The molecular formula is C27H27FN2O5S. The quantitative estimate of drug-likeness (QED) is 0.432. The fourth-order valence-electron chi connectivity index (χ4n) is 4.06. The molecule has 0 unspecified atom stereocenters. The predicted octanol–water partition coefficient (Wildman–Crippen LogP) is 3.73. The summed E-state index contributed by atoms with van der Waals surface area (Å²) in [5.74, 6) is 0.245. The van der Waals surface area contributed by atoms with E-state index in [1.54, 1.807) is 32.1 Å². The minimum Gasteiger partial charge on any atom is -0.490 e. The van der Waals surface area contributed by atoms with Gasteiger partial charge in [0.25, 0.3) is 5.56 Å². The van der Waals surface area contributed by atoms with Crippen molar-refractivity contribution in [2.45, 2.75) is 33.7 Å². The van der Waals surface area contributed by atoms with E-state index in [2.05, 4.69) is 4.99 Å². The molecular weight excluding hydrogens is 483 g/mol. The summed E-state index contributed by atoms with van der Waals surface area (Å²) in [6, 6.07) is 10.4. The van der Waals surface area contributed by atoms with E-state index in [0.717, 1.165) is 5.56 Å². The van der Waals surface area contributed by atoms with E-state index in [9.17, 15) is 14.0 Å². The number of rotatable bonds is 8. The second-order valence-corrected chi connectivity index (χ2v) is 8.94. The number of thiazole rings is 1. The van der Waals surface area contributed by atoms with Gasteiger partial charge in [-0.2, -0.15) is 0 Å². The van der Waals surface area contributed by atoms with Gasteiger partial charge in [0.1, 0.15) is 5.82 Å². The molecule has 0 spiro atoms. The first-order valence-electron chi connectivity index (χ1n) is 11.7. The Bertz CT molecular complexity index is 1490. The lowest BCUT2D eigenvalue weighted by Crippen LogP contribution is -2.39. The molecule has 1 aromatic heterocycles. The predicted molar refractivity (Wildman–Crippen MR) is 136 cm³/mol. The molecule has 2 aromatic carbocycles. The average Bonchev–Trinajstić information content (AvgIpc) is 3.15. The number of benzene rings is 2. The largest absolute Gasteiger partial charge is 0.490 e. The maximum Gasteiger partial charge on any atom is 0.338 e. The minimum atomic E-state index is -0.789. The third-order valence-corrected chi connectivity index (χ3v) is 6.55. The van der Waals surface area contributed by atoms with Gasteiger partial charge in [0.05, 0.1) is 41.7 Å². The highest BCUT2D eigenvalue weighted by Gasteiger charge is 2.33.